The van der Waals surface area contributed by atoms with Crippen LogP contribution in [0.2, 0.25) is 10.0 Å². The number of carbonyl (C=O) groups excluding carboxylic acids is 2. The number of anilines is 1. The molecule has 2 aromatic carbocycles. The molecule has 11 heteroatoms. The lowest BCUT2D eigenvalue weighted by Crippen LogP contribution is -2.51. The van der Waals surface area contributed by atoms with Crippen molar-refractivity contribution >= 4 is 46.9 Å². The number of aromatic nitrogens is 1. The number of piperazine rings is 1. The van der Waals surface area contributed by atoms with Crippen LogP contribution in [0.1, 0.15) is 15.9 Å². The summed E-state index contributed by atoms with van der Waals surface area (Å²) in [6, 6.07) is 13.9. The van der Waals surface area contributed by atoms with E-state index in [1.54, 1.807) is 35.2 Å². The van der Waals surface area contributed by atoms with Crippen molar-refractivity contribution in [1.29, 1.82) is 0 Å². The zero-order chi connectivity index (χ0) is 25.8. The Bertz CT molecular complexity index is 1330. The van der Waals surface area contributed by atoms with Gasteiger partial charge in [-0.2, -0.15) is 5.10 Å². The maximum Gasteiger partial charge on any atom is 0.274 e. The quantitative estimate of drug-likeness (QED) is 0.348. The average Bonchev–Trinajstić information content (AvgIpc) is 3.41. The number of ether oxygens (including phenoxy) is 2. The molecule has 1 aromatic heterocycles. The fraction of sp³-hybridized carbons (Fsp3) is 0.231. The van der Waals surface area contributed by atoms with Crippen LogP contribution >= 0.6 is 23.2 Å². The number of hydrazone groups is 1. The number of amides is 2. The van der Waals surface area contributed by atoms with Gasteiger partial charge in [0.1, 0.15) is 6.54 Å². The third kappa shape index (κ3) is 5.63. The molecule has 0 unspecified atom stereocenters. The molecule has 0 atom stereocenters. The van der Waals surface area contributed by atoms with Gasteiger partial charge in [0.2, 0.25) is 12.7 Å². The van der Waals surface area contributed by atoms with E-state index in [2.05, 4.69) is 15.0 Å². The summed E-state index contributed by atoms with van der Waals surface area (Å²) in [5.41, 5.74) is 1.88. The molecular weight excluding hydrogens is 517 g/mol. The van der Waals surface area contributed by atoms with Crippen LogP contribution in [-0.2, 0) is 4.79 Å². The Balaban J connectivity index is 1.28. The van der Waals surface area contributed by atoms with Crippen LogP contribution in [0, 0.1) is 0 Å². The van der Waals surface area contributed by atoms with Gasteiger partial charge < -0.3 is 19.3 Å². The molecule has 1 saturated heterocycles. The van der Waals surface area contributed by atoms with Crippen molar-refractivity contribution in [2.24, 2.45) is 5.10 Å². The number of nitrogens with zero attached hydrogens (tertiary/aromatic N) is 5. The van der Waals surface area contributed by atoms with Gasteiger partial charge in [-0.05, 0) is 36.4 Å². The summed E-state index contributed by atoms with van der Waals surface area (Å²) in [5, 5.41) is 6.34. The van der Waals surface area contributed by atoms with E-state index in [1.165, 1.54) is 18.6 Å². The summed E-state index contributed by atoms with van der Waals surface area (Å²) in [5.74, 6) is 0.818. The van der Waals surface area contributed by atoms with Gasteiger partial charge in [0.15, 0.2) is 11.5 Å². The molecule has 0 bridgehead atoms. The highest BCUT2D eigenvalue weighted by molar-refractivity contribution is 6.36. The summed E-state index contributed by atoms with van der Waals surface area (Å²) in [6.45, 7) is 2.20. The Labute approximate surface area is 223 Å². The van der Waals surface area contributed by atoms with Crippen molar-refractivity contribution in [2.45, 2.75) is 0 Å². The number of pyridine rings is 1. The van der Waals surface area contributed by atoms with E-state index in [9.17, 15) is 9.59 Å². The molecule has 0 aliphatic carbocycles. The topological polar surface area (TPSA) is 87.6 Å². The first-order valence-electron chi connectivity index (χ1n) is 11.6. The zero-order valence-electron chi connectivity index (χ0n) is 19.7. The second-order valence-electron chi connectivity index (χ2n) is 8.39. The Morgan fingerprint density at radius 2 is 1.81 bits per heavy atom. The molecule has 190 valence electrons. The van der Waals surface area contributed by atoms with Crippen LogP contribution in [0.15, 0.2) is 66.0 Å². The first-order chi connectivity index (χ1) is 18.0. The van der Waals surface area contributed by atoms with Crippen molar-refractivity contribution in [3.8, 4) is 11.5 Å². The molecule has 2 aliphatic heterocycles. The molecule has 3 heterocycles. The van der Waals surface area contributed by atoms with Gasteiger partial charge in [-0.3, -0.25) is 14.6 Å². The monoisotopic (exact) mass is 539 g/mol. The number of carbonyl (C=O) groups is 2. The molecule has 0 saturated carbocycles. The fourth-order valence-electron chi connectivity index (χ4n) is 4.14. The minimum absolute atomic E-state index is 0.202. The van der Waals surface area contributed by atoms with Crippen LogP contribution in [0.25, 0.3) is 0 Å². The third-order valence-electron chi connectivity index (χ3n) is 6.09. The number of hydrogen-bond acceptors (Lipinski definition) is 7. The number of para-hydroxylation sites is 1. The van der Waals surface area contributed by atoms with Crippen molar-refractivity contribution in [1.82, 2.24) is 14.9 Å². The molecule has 0 spiro atoms. The maximum absolute atomic E-state index is 13.2. The van der Waals surface area contributed by atoms with Crippen LogP contribution in [-0.4, -0.2) is 72.4 Å². The normalized spacial score (nSPS) is 14.8. The lowest BCUT2D eigenvalue weighted by molar-refractivity contribution is -0.132. The standard InChI is InChI=1S/C26H23Cl2N5O4/c27-20-5-4-19(21(28)14-20)15-30-33(26(35)18-6-8-29-9-7-18)16-24(34)32-12-10-31(11-13-32)22-2-1-3-23-25(22)37-17-36-23/h1-9,14-15H,10-13,16-17H2/b30-15+. The predicted octanol–water partition coefficient (Wildman–Crippen LogP) is 3.94. The van der Waals surface area contributed by atoms with Crippen molar-refractivity contribution < 1.29 is 19.1 Å². The van der Waals surface area contributed by atoms with E-state index in [1.807, 2.05) is 18.2 Å². The Hall–Kier alpha value is -3.82. The van der Waals surface area contributed by atoms with E-state index in [0.717, 1.165) is 22.2 Å². The molecule has 2 amide bonds. The van der Waals surface area contributed by atoms with Gasteiger partial charge in [0, 0.05) is 54.7 Å². The number of rotatable bonds is 6. The van der Waals surface area contributed by atoms with Crippen LogP contribution in [0.4, 0.5) is 5.69 Å². The van der Waals surface area contributed by atoms with Crippen LogP contribution < -0.4 is 14.4 Å². The van der Waals surface area contributed by atoms with Crippen molar-refractivity contribution in [3.05, 3.63) is 82.1 Å². The third-order valence-corrected chi connectivity index (χ3v) is 6.66. The van der Waals surface area contributed by atoms with Gasteiger partial charge in [-0.1, -0.05) is 35.3 Å². The molecule has 1 fully saturated rings. The summed E-state index contributed by atoms with van der Waals surface area (Å²) in [6.07, 6.45) is 4.48. The highest BCUT2D eigenvalue weighted by atomic mass is 35.5. The van der Waals surface area contributed by atoms with Gasteiger partial charge >= 0.3 is 0 Å². The zero-order valence-corrected chi connectivity index (χ0v) is 21.2. The summed E-state index contributed by atoms with van der Waals surface area (Å²) >= 11 is 12.2. The Kier molecular flexibility index (Phi) is 7.43. The molecular formula is C26H23Cl2N5O4. The van der Waals surface area contributed by atoms with Gasteiger partial charge in [0.05, 0.1) is 16.9 Å². The first kappa shape index (κ1) is 24.9. The lowest BCUT2D eigenvalue weighted by Gasteiger charge is -2.36. The smallest absolute Gasteiger partial charge is 0.274 e. The van der Waals surface area contributed by atoms with Gasteiger partial charge in [-0.15, -0.1) is 0 Å². The van der Waals surface area contributed by atoms with Gasteiger partial charge in [-0.25, -0.2) is 5.01 Å². The molecule has 5 rings (SSSR count). The van der Waals surface area contributed by atoms with E-state index in [4.69, 9.17) is 32.7 Å². The molecule has 2 aliphatic rings. The Morgan fingerprint density at radius 1 is 1.03 bits per heavy atom. The molecule has 3 aromatic rings. The van der Waals surface area contributed by atoms with Crippen LogP contribution in [0.5, 0.6) is 11.5 Å². The van der Waals surface area contributed by atoms with E-state index in [0.29, 0.717) is 47.4 Å². The largest absolute Gasteiger partial charge is 0.454 e. The minimum atomic E-state index is -0.423. The molecule has 9 nitrogen and oxygen atoms in total. The van der Waals surface area contributed by atoms with Crippen LogP contribution in [0.3, 0.4) is 0 Å². The molecule has 37 heavy (non-hydrogen) atoms. The number of halogens is 2. The van der Waals surface area contributed by atoms with Gasteiger partial charge in [0.25, 0.3) is 5.91 Å². The predicted molar refractivity (Wildman–Crippen MR) is 141 cm³/mol. The second kappa shape index (κ2) is 11.1. The highest BCUT2D eigenvalue weighted by Crippen LogP contribution is 2.41. The minimum Gasteiger partial charge on any atom is -0.454 e. The highest BCUT2D eigenvalue weighted by Gasteiger charge is 2.28. The van der Waals surface area contributed by atoms with Crippen molar-refractivity contribution in [2.75, 3.05) is 44.4 Å². The first-order valence-corrected chi connectivity index (χ1v) is 12.4. The molecule has 0 N–H and O–H groups in total. The average molecular weight is 540 g/mol. The summed E-state index contributed by atoms with van der Waals surface area (Å²) in [7, 11) is 0. The van der Waals surface area contributed by atoms with E-state index >= 15 is 0 Å². The SMILES string of the molecule is O=C(CN(/N=C/c1ccc(Cl)cc1Cl)C(=O)c1ccncc1)N1CCN(c2cccc3c2OCO3)CC1. The fourth-order valence-corrected chi connectivity index (χ4v) is 4.59. The number of fused-ring (bicyclic) bond motifs is 1. The van der Waals surface area contributed by atoms with E-state index < -0.39 is 5.91 Å². The number of hydrogen-bond donors (Lipinski definition) is 0. The van der Waals surface area contributed by atoms with Crippen molar-refractivity contribution in [3.63, 3.8) is 0 Å². The van der Waals surface area contributed by atoms with E-state index in [-0.39, 0.29) is 19.2 Å². The Morgan fingerprint density at radius 3 is 2.57 bits per heavy atom. The molecule has 0 radical (unpaired) electrons. The summed E-state index contributed by atoms with van der Waals surface area (Å²) in [4.78, 5) is 34.3. The second-order valence-corrected chi connectivity index (χ2v) is 9.23. The lowest BCUT2D eigenvalue weighted by atomic mass is 10.2. The number of benzene rings is 2. The summed E-state index contributed by atoms with van der Waals surface area (Å²) < 4.78 is 11.1. The maximum atomic E-state index is 13.2.